The zero-order valence-corrected chi connectivity index (χ0v) is 22.9. The summed E-state index contributed by atoms with van der Waals surface area (Å²) in [5.41, 5.74) is 1.97. The molecule has 0 radical (unpaired) electrons. The Hall–Kier alpha value is -4.09. The predicted octanol–water partition coefficient (Wildman–Crippen LogP) is 4.04. The number of carbonyl (C=O) groups is 1. The molecule has 210 valence electrons. The minimum atomic E-state index is -0.472. The van der Waals surface area contributed by atoms with Crippen molar-refractivity contribution in [3.8, 4) is 5.69 Å². The van der Waals surface area contributed by atoms with Crippen molar-refractivity contribution in [2.45, 2.75) is 44.4 Å². The fourth-order valence-corrected chi connectivity index (χ4v) is 5.20. The van der Waals surface area contributed by atoms with E-state index in [2.05, 4.69) is 34.4 Å². The number of anilines is 3. The number of fused-ring (bicyclic) bond motifs is 1. The van der Waals surface area contributed by atoms with E-state index >= 15 is 0 Å². The number of hydrogen-bond donors (Lipinski definition) is 2. The standard InChI is InChI=1S/C29H34FN7O3/c1-35(2)21-5-7-22(8-6-21)36(17-29(39)40-3)28-11-4-19-16-31-27(15-26(19)33-28)32-25-10-9-23(14-24(25)30)37-13-12-20(18-38)34-37/h4,9-16,21-22,38H,5-8,17-18H2,1-3H3,(H,31,32)/t21-,22+. The van der Waals surface area contributed by atoms with Crippen LogP contribution in [0.15, 0.2) is 54.9 Å². The molecule has 1 aromatic carbocycles. The topological polar surface area (TPSA) is 109 Å². The highest BCUT2D eigenvalue weighted by atomic mass is 19.1. The molecule has 0 bridgehead atoms. The zero-order valence-electron chi connectivity index (χ0n) is 22.9. The number of halogens is 1. The van der Waals surface area contributed by atoms with Crippen molar-refractivity contribution < 1.29 is 19.0 Å². The van der Waals surface area contributed by atoms with Gasteiger partial charge in [0.2, 0.25) is 0 Å². The first-order chi connectivity index (χ1) is 19.3. The number of aromatic nitrogens is 4. The highest BCUT2D eigenvalue weighted by Crippen LogP contribution is 2.30. The third-order valence-electron chi connectivity index (χ3n) is 7.50. The number of pyridine rings is 2. The van der Waals surface area contributed by atoms with Gasteiger partial charge in [-0.25, -0.2) is 19.0 Å². The van der Waals surface area contributed by atoms with Crippen molar-refractivity contribution >= 4 is 34.2 Å². The van der Waals surface area contributed by atoms with Crippen LogP contribution in [-0.2, 0) is 16.1 Å². The molecule has 11 heteroatoms. The lowest BCUT2D eigenvalue weighted by atomic mass is 9.89. The van der Waals surface area contributed by atoms with Gasteiger partial charge in [-0.2, -0.15) is 5.10 Å². The smallest absolute Gasteiger partial charge is 0.325 e. The van der Waals surface area contributed by atoms with Gasteiger partial charge in [-0.15, -0.1) is 0 Å². The molecule has 0 amide bonds. The van der Waals surface area contributed by atoms with Crippen LogP contribution in [0.3, 0.4) is 0 Å². The van der Waals surface area contributed by atoms with Crippen LogP contribution in [0.5, 0.6) is 0 Å². The van der Waals surface area contributed by atoms with Crippen molar-refractivity contribution in [3.05, 3.63) is 66.4 Å². The van der Waals surface area contributed by atoms with Crippen molar-refractivity contribution in [2.24, 2.45) is 0 Å². The summed E-state index contributed by atoms with van der Waals surface area (Å²) in [4.78, 5) is 25.9. The quantitative estimate of drug-likeness (QED) is 0.300. The van der Waals surface area contributed by atoms with Crippen LogP contribution in [-0.4, -0.2) is 75.6 Å². The Bertz CT molecular complexity index is 1480. The summed E-state index contributed by atoms with van der Waals surface area (Å²) >= 11 is 0. The number of methoxy groups -OCH3 is 1. The Labute approximate surface area is 232 Å². The van der Waals surface area contributed by atoms with Gasteiger partial charge in [-0.3, -0.25) is 4.79 Å². The Balaban J connectivity index is 1.38. The molecule has 40 heavy (non-hydrogen) atoms. The summed E-state index contributed by atoms with van der Waals surface area (Å²) in [7, 11) is 5.61. The molecule has 10 nitrogen and oxygen atoms in total. The molecule has 1 aliphatic carbocycles. The van der Waals surface area contributed by atoms with E-state index in [1.165, 1.54) is 17.9 Å². The van der Waals surface area contributed by atoms with Gasteiger partial charge in [0.05, 0.1) is 36.3 Å². The van der Waals surface area contributed by atoms with E-state index in [0.717, 1.165) is 31.1 Å². The lowest BCUT2D eigenvalue weighted by molar-refractivity contribution is -0.139. The minimum absolute atomic E-state index is 0.121. The summed E-state index contributed by atoms with van der Waals surface area (Å²) in [6, 6.07) is 12.7. The number of benzene rings is 1. The number of carbonyl (C=O) groups excluding carboxylic acids is 1. The van der Waals surface area contributed by atoms with Crippen LogP contribution < -0.4 is 10.2 Å². The maximum Gasteiger partial charge on any atom is 0.325 e. The number of hydrogen-bond acceptors (Lipinski definition) is 9. The van der Waals surface area contributed by atoms with E-state index in [9.17, 15) is 14.3 Å². The van der Waals surface area contributed by atoms with E-state index in [-0.39, 0.29) is 30.9 Å². The minimum Gasteiger partial charge on any atom is -0.468 e. The maximum absolute atomic E-state index is 15.0. The molecular formula is C29H34FN7O3. The largest absolute Gasteiger partial charge is 0.468 e. The molecule has 1 aliphatic rings. The average Bonchev–Trinajstić information content (AvgIpc) is 3.46. The van der Waals surface area contributed by atoms with Gasteiger partial charge in [0.25, 0.3) is 0 Å². The fraction of sp³-hybridized carbons (Fsp3) is 0.379. The van der Waals surface area contributed by atoms with E-state index in [1.54, 1.807) is 36.7 Å². The van der Waals surface area contributed by atoms with Crippen LogP contribution in [0.4, 0.5) is 21.7 Å². The number of esters is 1. The molecule has 3 heterocycles. The third-order valence-corrected chi connectivity index (χ3v) is 7.50. The molecule has 3 aromatic heterocycles. The fourth-order valence-electron chi connectivity index (χ4n) is 5.20. The predicted molar refractivity (Wildman–Crippen MR) is 151 cm³/mol. The number of ether oxygens (including phenoxy) is 1. The van der Waals surface area contributed by atoms with Gasteiger partial charge >= 0.3 is 5.97 Å². The van der Waals surface area contributed by atoms with E-state index in [0.29, 0.717) is 34.6 Å². The van der Waals surface area contributed by atoms with Gasteiger partial charge in [-0.1, -0.05) is 0 Å². The summed E-state index contributed by atoms with van der Waals surface area (Å²) in [5.74, 6) is 0.354. The van der Waals surface area contributed by atoms with Crippen molar-refractivity contribution in [1.29, 1.82) is 0 Å². The molecule has 1 fully saturated rings. The zero-order chi connectivity index (χ0) is 28.2. The van der Waals surface area contributed by atoms with Gasteiger partial charge in [0, 0.05) is 42.0 Å². The SMILES string of the molecule is COC(=O)CN(c1ccc2cnc(Nc3ccc(-n4ccc(CO)n4)cc3F)cc2n1)[C@H]1CC[C@@H](N(C)C)CC1. The van der Waals surface area contributed by atoms with E-state index < -0.39 is 5.82 Å². The molecular weight excluding hydrogens is 513 g/mol. The van der Waals surface area contributed by atoms with Gasteiger partial charge in [-0.05, 0) is 70.1 Å². The second-order valence-electron chi connectivity index (χ2n) is 10.3. The lowest BCUT2D eigenvalue weighted by Gasteiger charge is -2.39. The second kappa shape index (κ2) is 12.0. The van der Waals surface area contributed by atoms with Gasteiger partial charge < -0.3 is 25.0 Å². The van der Waals surface area contributed by atoms with Gasteiger partial charge in [0.15, 0.2) is 0 Å². The molecule has 0 unspecified atom stereocenters. The average molecular weight is 548 g/mol. The van der Waals surface area contributed by atoms with E-state index in [1.807, 2.05) is 17.0 Å². The summed E-state index contributed by atoms with van der Waals surface area (Å²) in [5, 5.41) is 17.3. The number of nitrogens with zero attached hydrogens (tertiary/aromatic N) is 6. The Morgan fingerprint density at radius 1 is 1.12 bits per heavy atom. The molecule has 1 saturated carbocycles. The third kappa shape index (κ3) is 6.05. The molecule has 0 saturated heterocycles. The molecule has 2 N–H and O–H groups in total. The highest BCUT2D eigenvalue weighted by molar-refractivity contribution is 5.83. The highest BCUT2D eigenvalue weighted by Gasteiger charge is 2.29. The number of aliphatic hydroxyl groups excluding tert-OH is 1. The Kier molecular flexibility index (Phi) is 8.22. The first-order valence-corrected chi connectivity index (χ1v) is 13.3. The maximum atomic E-state index is 15.0. The number of rotatable bonds is 9. The number of aliphatic hydroxyl groups is 1. The normalized spacial score (nSPS) is 17.2. The first-order valence-electron chi connectivity index (χ1n) is 13.3. The van der Waals surface area contributed by atoms with Crippen LogP contribution in [0.25, 0.3) is 16.6 Å². The number of nitrogens with one attached hydrogen (secondary N) is 1. The molecule has 0 atom stereocenters. The van der Waals surface area contributed by atoms with E-state index in [4.69, 9.17) is 9.72 Å². The first kappa shape index (κ1) is 27.5. The lowest BCUT2D eigenvalue weighted by Crippen LogP contribution is -2.45. The van der Waals surface area contributed by atoms with Crippen molar-refractivity contribution in [3.63, 3.8) is 0 Å². The monoisotopic (exact) mass is 547 g/mol. The summed E-state index contributed by atoms with van der Waals surface area (Å²) in [6.07, 6.45) is 7.37. The van der Waals surface area contributed by atoms with Crippen LogP contribution in [0.2, 0.25) is 0 Å². The van der Waals surface area contributed by atoms with Crippen molar-refractivity contribution in [1.82, 2.24) is 24.6 Å². The summed E-state index contributed by atoms with van der Waals surface area (Å²) in [6.45, 7) is -0.0629. The molecule has 5 rings (SSSR count). The second-order valence-corrected chi connectivity index (χ2v) is 10.3. The van der Waals surface area contributed by atoms with Crippen LogP contribution >= 0.6 is 0 Å². The van der Waals surface area contributed by atoms with Crippen LogP contribution in [0, 0.1) is 5.82 Å². The van der Waals surface area contributed by atoms with Crippen molar-refractivity contribution in [2.75, 3.05) is 38.0 Å². The summed E-state index contributed by atoms with van der Waals surface area (Å²) < 4.78 is 21.5. The van der Waals surface area contributed by atoms with Crippen LogP contribution in [0.1, 0.15) is 31.4 Å². The Morgan fingerprint density at radius 2 is 1.90 bits per heavy atom. The molecule has 0 spiro atoms. The Morgan fingerprint density at radius 3 is 2.58 bits per heavy atom. The molecule has 4 aromatic rings. The van der Waals surface area contributed by atoms with Gasteiger partial charge in [0.1, 0.15) is 24.0 Å². The molecule has 0 aliphatic heterocycles.